The van der Waals surface area contributed by atoms with E-state index in [2.05, 4.69) is 29.4 Å². The summed E-state index contributed by atoms with van der Waals surface area (Å²) in [6.07, 6.45) is 3.46. The molecule has 0 radical (unpaired) electrons. The Morgan fingerprint density at radius 3 is 2.42 bits per heavy atom. The van der Waals surface area contributed by atoms with Gasteiger partial charge in [0.2, 0.25) is 5.60 Å². The fraction of sp³-hybridized carbons (Fsp3) is 0.400. The molecular weight excluding hydrogens is 392 g/mol. The van der Waals surface area contributed by atoms with Gasteiger partial charge < -0.3 is 14.5 Å². The minimum Gasteiger partial charge on any atom is -0.466 e. The van der Waals surface area contributed by atoms with E-state index in [0.29, 0.717) is 23.6 Å². The van der Waals surface area contributed by atoms with E-state index in [1.165, 1.54) is 12.7 Å². The lowest BCUT2D eigenvalue weighted by atomic mass is 9.90. The molecule has 0 aliphatic carbocycles. The monoisotopic (exact) mass is 420 g/mol. The molecule has 2 aliphatic rings. The summed E-state index contributed by atoms with van der Waals surface area (Å²) in [5.41, 5.74) is 2.45. The molecule has 1 amide bonds. The van der Waals surface area contributed by atoms with Gasteiger partial charge in [0.1, 0.15) is 0 Å². The topological polar surface area (TPSA) is 68.2 Å². The molecule has 162 valence electrons. The van der Waals surface area contributed by atoms with Crippen LogP contribution in [-0.2, 0) is 20.8 Å². The van der Waals surface area contributed by atoms with Crippen LogP contribution in [0.4, 0.5) is 0 Å². The molecule has 1 saturated heterocycles. The maximum absolute atomic E-state index is 12.9. The Kier molecular flexibility index (Phi) is 6.07. The van der Waals surface area contributed by atoms with Crippen molar-refractivity contribution in [2.75, 3.05) is 20.2 Å². The molecule has 1 unspecified atom stereocenters. The summed E-state index contributed by atoms with van der Waals surface area (Å²) in [7, 11) is 1.33. The van der Waals surface area contributed by atoms with Gasteiger partial charge in [-0.2, -0.15) is 0 Å². The van der Waals surface area contributed by atoms with Crippen molar-refractivity contribution in [3.8, 4) is 0 Å². The van der Waals surface area contributed by atoms with E-state index in [1.54, 1.807) is 6.92 Å². The molecule has 4 rings (SSSR count). The first kappa shape index (κ1) is 21.1. The first-order valence-corrected chi connectivity index (χ1v) is 10.8. The number of nitrogens with zero attached hydrogens (tertiary/aromatic N) is 2. The number of oxime groups is 1. The van der Waals surface area contributed by atoms with Gasteiger partial charge in [0.15, 0.2) is 0 Å². The van der Waals surface area contributed by atoms with Crippen molar-refractivity contribution >= 4 is 17.6 Å². The number of carbonyl (C=O) groups is 2. The number of methoxy groups -OCH3 is 1. The molecule has 1 atom stereocenters. The lowest BCUT2D eigenvalue weighted by Gasteiger charge is -2.32. The molecule has 6 nitrogen and oxygen atoms in total. The fourth-order valence-electron chi connectivity index (χ4n) is 4.30. The number of likely N-dealkylation sites (tertiary alicyclic amines) is 1. The molecule has 2 aromatic carbocycles. The van der Waals surface area contributed by atoms with Gasteiger partial charge in [-0.05, 0) is 55.4 Å². The van der Waals surface area contributed by atoms with Gasteiger partial charge in [-0.3, -0.25) is 4.79 Å². The van der Waals surface area contributed by atoms with Gasteiger partial charge in [0, 0.05) is 25.1 Å². The van der Waals surface area contributed by atoms with Crippen LogP contribution < -0.4 is 0 Å². The number of rotatable bonds is 5. The second-order valence-corrected chi connectivity index (χ2v) is 8.53. The van der Waals surface area contributed by atoms with Crippen LogP contribution in [0.5, 0.6) is 0 Å². The van der Waals surface area contributed by atoms with Crippen LogP contribution in [0.1, 0.15) is 47.7 Å². The van der Waals surface area contributed by atoms with Gasteiger partial charge in [-0.1, -0.05) is 47.6 Å². The molecule has 0 bridgehead atoms. The van der Waals surface area contributed by atoms with Crippen LogP contribution in [0.3, 0.4) is 0 Å². The summed E-state index contributed by atoms with van der Waals surface area (Å²) in [6.45, 7) is 3.24. The highest BCUT2D eigenvalue weighted by Gasteiger charge is 2.43. The third-order valence-electron chi connectivity index (χ3n) is 6.21. The molecule has 1 fully saturated rings. The standard InChI is InChI=1S/C25H28N2O4/c1-25(24(29)30-2)17-22(26-31-25)20-8-10-21(11-9-20)23(28)27-14-12-19(13-15-27)16-18-6-4-3-5-7-18/h3-11,19H,12-17H2,1-2H3. The average Bonchev–Trinajstić information content (AvgIpc) is 3.23. The van der Waals surface area contributed by atoms with Crippen LogP contribution in [0, 0.1) is 5.92 Å². The van der Waals surface area contributed by atoms with Crippen molar-refractivity contribution in [1.82, 2.24) is 4.90 Å². The lowest BCUT2D eigenvalue weighted by molar-refractivity contribution is -0.164. The number of piperidine rings is 1. The van der Waals surface area contributed by atoms with Crippen molar-refractivity contribution in [1.29, 1.82) is 0 Å². The number of ether oxygens (including phenoxy) is 1. The number of benzene rings is 2. The molecule has 2 aliphatic heterocycles. The summed E-state index contributed by atoms with van der Waals surface area (Å²) in [6, 6.07) is 17.9. The number of hydrogen-bond acceptors (Lipinski definition) is 5. The third kappa shape index (κ3) is 4.63. The van der Waals surface area contributed by atoms with E-state index in [4.69, 9.17) is 9.57 Å². The zero-order valence-electron chi connectivity index (χ0n) is 18.0. The van der Waals surface area contributed by atoms with E-state index in [0.717, 1.165) is 37.9 Å². The Hall–Kier alpha value is -3.15. The molecule has 0 N–H and O–H groups in total. The van der Waals surface area contributed by atoms with Gasteiger partial charge in [0.05, 0.1) is 12.8 Å². The van der Waals surface area contributed by atoms with Crippen LogP contribution in [0.25, 0.3) is 0 Å². The average molecular weight is 421 g/mol. The second kappa shape index (κ2) is 8.92. The normalized spacial score (nSPS) is 21.4. The fourth-order valence-corrected chi connectivity index (χ4v) is 4.30. The van der Waals surface area contributed by atoms with Gasteiger partial charge in [-0.15, -0.1) is 0 Å². The minimum absolute atomic E-state index is 0.0636. The highest BCUT2D eigenvalue weighted by molar-refractivity contribution is 6.05. The molecule has 31 heavy (non-hydrogen) atoms. The molecule has 2 aromatic rings. The van der Waals surface area contributed by atoms with E-state index >= 15 is 0 Å². The van der Waals surface area contributed by atoms with E-state index < -0.39 is 11.6 Å². The summed E-state index contributed by atoms with van der Waals surface area (Å²) in [5, 5.41) is 4.06. The number of hydrogen-bond donors (Lipinski definition) is 0. The minimum atomic E-state index is -1.09. The molecule has 2 heterocycles. The highest BCUT2D eigenvalue weighted by atomic mass is 16.7. The van der Waals surface area contributed by atoms with Crippen LogP contribution in [-0.4, -0.2) is 48.3 Å². The number of carbonyl (C=O) groups excluding carboxylic acids is 2. The predicted octanol–water partition coefficient (Wildman–Crippen LogP) is 3.84. The Morgan fingerprint density at radius 2 is 1.77 bits per heavy atom. The quantitative estimate of drug-likeness (QED) is 0.690. The number of amides is 1. The largest absolute Gasteiger partial charge is 0.466 e. The summed E-state index contributed by atoms with van der Waals surface area (Å²) < 4.78 is 4.79. The SMILES string of the molecule is COC(=O)C1(C)CC(c2ccc(C(=O)N3CCC(Cc4ccccc4)CC3)cc2)=NO1. The van der Waals surface area contributed by atoms with E-state index in [-0.39, 0.29) is 5.91 Å². The van der Waals surface area contributed by atoms with Gasteiger partial charge in [0.25, 0.3) is 5.91 Å². The van der Waals surface area contributed by atoms with Crippen molar-refractivity contribution in [3.05, 3.63) is 71.3 Å². The molecule has 6 heteroatoms. The van der Waals surface area contributed by atoms with Gasteiger partial charge >= 0.3 is 5.97 Å². The van der Waals surface area contributed by atoms with Crippen LogP contribution in [0.2, 0.25) is 0 Å². The van der Waals surface area contributed by atoms with Crippen LogP contribution >= 0.6 is 0 Å². The Bertz CT molecular complexity index is 963. The van der Waals surface area contributed by atoms with Crippen molar-refractivity contribution < 1.29 is 19.2 Å². The Labute approximate surface area is 182 Å². The first-order chi connectivity index (χ1) is 15.0. The zero-order chi connectivity index (χ0) is 21.8. The maximum Gasteiger partial charge on any atom is 0.353 e. The molecular formula is C25H28N2O4. The summed E-state index contributed by atoms with van der Waals surface area (Å²) in [4.78, 5) is 32.1. The second-order valence-electron chi connectivity index (χ2n) is 8.53. The van der Waals surface area contributed by atoms with Gasteiger partial charge in [-0.25, -0.2) is 4.79 Å². The Morgan fingerprint density at radius 1 is 1.10 bits per heavy atom. The third-order valence-corrected chi connectivity index (χ3v) is 6.21. The van der Waals surface area contributed by atoms with E-state index in [9.17, 15) is 9.59 Å². The van der Waals surface area contributed by atoms with Crippen molar-refractivity contribution in [2.45, 2.75) is 38.2 Å². The van der Waals surface area contributed by atoms with Crippen molar-refractivity contribution in [3.63, 3.8) is 0 Å². The number of esters is 1. The maximum atomic E-state index is 12.9. The van der Waals surface area contributed by atoms with E-state index in [1.807, 2.05) is 35.2 Å². The lowest BCUT2D eigenvalue weighted by Crippen LogP contribution is -2.38. The molecule has 0 saturated carbocycles. The first-order valence-electron chi connectivity index (χ1n) is 10.8. The highest BCUT2D eigenvalue weighted by Crippen LogP contribution is 2.28. The van der Waals surface area contributed by atoms with Crippen molar-refractivity contribution in [2.24, 2.45) is 11.1 Å². The summed E-state index contributed by atoms with van der Waals surface area (Å²) >= 11 is 0. The summed E-state index contributed by atoms with van der Waals surface area (Å²) in [5.74, 6) is 0.237. The zero-order valence-corrected chi connectivity index (χ0v) is 18.0. The van der Waals surface area contributed by atoms with Crippen LogP contribution in [0.15, 0.2) is 59.8 Å². The molecule has 0 aromatic heterocycles. The smallest absolute Gasteiger partial charge is 0.353 e. The predicted molar refractivity (Wildman–Crippen MR) is 118 cm³/mol. The Balaban J connectivity index is 1.33. The molecule has 0 spiro atoms.